The molecule has 0 atom stereocenters. The molecule has 1 aromatic rings. The van der Waals surface area contributed by atoms with Crippen molar-refractivity contribution in [1.82, 2.24) is 4.98 Å². The summed E-state index contributed by atoms with van der Waals surface area (Å²) in [6, 6.07) is 3.83. The summed E-state index contributed by atoms with van der Waals surface area (Å²) in [5.41, 5.74) is 6.57. The highest BCUT2D eigenvalue weighted by molar-refractivity contribution is 6.29. The van der Waals surface area contributed by atoms with Gasteiger partial charge in [-0.1, -0.05) is 11.6 Å². The molecular formula is C8H11ClN2. The summed E-state index contributed by atoms with van der Waals surface area (Å²) in [5.74, 6) is 0. The summed E-state index contributed by atoms with van der Waals surface area (Å²) in [7, 11) is 0. The van der Waals surface area contributed by atoms with Crippen LogP contribution in [0.15, 0.2) is 18.3 Å². The fourth-order valence-corrected chi connectivity index (χ4v) is 1.10. The van der Waals surface area contributed by atoms with Gasteiger partial charge in [0, 0.05) is 6.20 Å². The van der Waals surface area contributed by atoms with E-state index in [-0.39, 0.29) is 0 Å². The summed E-state index contributed by atoms with van der Waals surface area (Å²) in [6.07, 6.45) is 3.70. The Labute approximate surface area is 71.4 Å². The van der Waals surface area contributed by atoms with E-state index in [0.29, 0.717) is 5.15 Å². The minimum absolute atomic E-state index is 0.555. The molecule has 3 heteroatoms. The molecule has 0 aliphatic rings. The van der Waals surface area contributed by atoms with E-state index in [0.717, 1.165) is 19.4 Å². The number of nitrogens with zero attached hydrogens (tertiary/aromatic N) is 1. The van der Waals surface area contributed by atoms with Gasteiger partial charge in [0.1, 0.15) is 5.15 Å². The van der Waals surface area contributed by atoms with Gasteiger partial charge in [0.2, 0.25) is 0 Å². The number of rotatable bonds is 3. The highest BCUT2D eigenvalue weighted by Crippen LogP contribution is 2.08. The van der Waals surface area contributed by atoms with E-state index >= 15 is 0 Å². The number of aryl methyl sites for hydroxylation is 1. The molecular weight excluding hydrogens is 160 g/mol. The lowest BCUT2D eigenvalue weighted by Gasteiger charge is -1.98. The maximum Gasteiger partial charge on any atom is 0.129 e. The van der Waals surface area contributed by atoms with E-state index in [1.807, 2.05) is 12.1 Å². The van der Waals surface area contributed by atoms with Crippen molar-refractivity contribution in [2.75, 3.05) is 6.54 Å². The summed E-state index contributed by atoms with van der Waals surface area (Å²) in [4.78, 5) is 3.88. The van der Waals surface area contributed by atoms with Gasteiger partial charge in [-0.15, -0.1) is 0 Å². The van der Waals surface area contributed by atoms with Crippen LogP contribution in [0.2, 0.25) is 5.15 Å². The summed E-state index contributed by atoms with van der Waals surface area (Å²) < 4.78 is 0. The topological polar surface area (TPSA) is 38.9 Å². The first-order valence-corrected chi connectivity index (χ1v) is 4.01. The lowest BCUT2D eigenvalue weighted by molar-refractivity contribution is 0.831. The highest BCUT2D eigenvalue weighted by Gasteiger charge is 1.93. The van der Waals surface area contributed by atoms with Crippen LogP contribution in [0, 0.1) is 0 Å². The molecule has 0 bridgehead atoms. The summed E-state index contributed by atoms with van der Waals surface area (Å²) in [5, 5.41) is 0.555. The molecule has 0 aromatic carbocycles. The Bertz CT molecular complexity index is 225. The third-order valence-electron chi connectivity index (χ3n) is 1.46. The average molecular weight is 171 g/mol. The standard InChI is InChI=1S/C8H11ClN2/c9-8-6-7(2-1-4-10)3-5-11-8/h3,5-6H,1-2,4,10H2. The molecule has 0 spiro atoms. The molecule has 60 valence electrons. The number of halogens is 1. The van der Waals surface area contributed by atoms with Gasteiger partial charge in [-0.25, -0.2) is 4.98 Å². The molecule has 0 amide bonds. The fourth-order valence-electron chi connectivity index (χ4n) is 0.904. The molecule has 0 unspecified atom stereocenters. The molecule has 1 aromatic heterocycles. The zero-order chi connectivity index (χ0) is 8.10. The van der Waals surface area contributed by atoms with Crippen molar-refractivity contribution < 1.29 is 0 Å². The molecule has 1 rings (SSSR count). The smallest absolute Gasteiger partial charge is 0.129 e. The van der Waals surface area contributed by atoms with E-state index in [1.165, 1.54) is 5.56 Å². The van der Waals surface area contributed by atoms with Crippen molar-refractivity contribution in [2.45, 2.75) is 12.8 Å². The van der Waals surface area contributed by atoms with Gasteiger partial charge in [0.05, 0.1) is 0 Å². The molecule has 2 nitrogen and oxygen atoms in total. The maximum absolute atomic E-state index is 5.68. The van der Waals surface area contributed by atoms with E-state index < -0.39 is 0 Å². The van der Waals surface area contributed by atoms with Crippen LogP contribution in [0.3, 0.4) is 0 Å². The van der Waals surface area contributed by atoms with Gasteiger partial charge in [-0.05, 0) is 37.1 Å². The van der Waals surface area contributed by atoms with Gasteiger partial charge >= 0.3 is 0 Å². The van der Waals surface area contributed by atoms with Crippen LogP contribution in [0.1, 0.15) is 12.0 Å². The first kappa shape index (κ1) is 8.50. The minimum atomic E-state index is 0.555. The second kappa shape index (κ2) is 4.31. The Hall–Kier alpha value is -0.600. The van der Waals surface area contributed by atoms with Crippen molar-refractivity contribution in [3.63, 3.8) is 0 Å². The Balaban J connectivity index is 2.56. The monoisotopic (exact) mass is 170 g/mol. The van der Waals surface area contributed by atoms with Crippen LogP contribution in [0.4, 0.5) is 0 Å². The van der Waals surface area contributed by atoms with Crippen molar-refractivity contribution in [2.24, 2.45) is 5.73 Å². The molecule has 11 heavy (non-hydrogen) atoms. The lowest BCUT2D eigenvalue weighted by atomic mass is 10.1. The molecule has 0 radical (unpaired) electrons. The Morgan fingerprint density at radius 3 is 3.00 bits per heavy atom. The van der Waals surface area contributed by atoms with Crippen LogP contribution in [0.25, 0.3) is 0 Å². The van der Waals surface area contributed by atoms with Gasteiger partial charge in [-0.3, -0.25) is 0 Å². The Morgan fingerprint density at radius 1 is 1.55 bits per heavy atom. The van der Waals surface area contributed by atoms with E-state index in [1.54, 1.807) is 6.20 Å². The second-order valence-electron chi connectivity index (χ2n) is 2.38. The predicted octanol–water partition coefficient (Wildman–Crippen LogP) is 1.63. The first-order chi connectivity index (χ1) is 5.33. The molecule has 0 aliphatic carbocycles. The van der Waals surface area contributed by atoms with E-state index in [4.69, 9.17) is 17.3 Å². The second-order valence-corrected chi connectivity index (χ2v) is 2.77. The van der Waals surface area contributed by atoms with Crippen LogP contribution in [-0.4, -0.2) is 11.5 Å². The van der Waals surface area contributed by atoms with Crippen LogP contribution in [-0.2, 0) is 6.42 Å². The number of nitrogens with two attached hydrogens (primary N) is 1. The predicted molar refractivity (Wildman–Crippen MR) is 46.6 cm³/mol. The normalized spacial score (nSPS) is 10.0. The number of hydrogen-bond acceptors (Lipinski definition) is 2. The maximum atomic E-state index is 5.68. The van der Waals surface area contributed by atoms with Gasteiger partial charge in [-0.2, -0.15) is 0 Å². The number of hydrogen-bond donors (Lipinski definition) is 1. The molecule has 1 heterocycles. The van der Waals surface area contributed by atoms with Gasteiger partial charge in [0.25, 0.3) is 0 Å². The molecule has 0 fully saturated rings. The fraction of sp³-hybridized carbons (Fsp3) is 0.375. The van der Waals surface area contributed by atoms with Crippen LogP contribution >= 0.6 is 11.6 Å². The summed E-state index contributed by atoms with van der Waals surface area (Å²) in [6.45, 7) is 0.722. The first-order valence-electron chi connectivity index (χ1n) is 3.63. The van der Waals surface area contributed by atoms with E-state index in [2.05, 4.69) is 4.98 Å². The summed E-state index contributed by atoms with van der Waals surface area (Å²) >= 11 is 5.68. The third kappa shape index (κ3) is 2.87. The third-order valence-corrected chi connectivity index (χ3v) is 1.67. The zero-order valence-electron chi connectivity index (χ0n) is 6.26. The van der Waals surface area contributed by atoms with Crippen molar-refractivity contribution >= 4 is 11.6 Å². The van der Waals surface area contributed by atoms with Gasteiger partial charge in [0.15, 0.2) is 0 Å². The van der Waals surface area contributed by atoms with E-state index in [9.17, 15) is 0 Å². The van der Waals surface area contributed by atoms with Crippen molar-refractivity contribution in [1.29, 1.82) is 0 Å². The average Bonchev–Trinajstić information content (AvgIpc) is 2.01. The molecule has 0 aliphatic heterocycles. The quantitative estimate of drug-likeness (QED) is 0.701. The molecule has 0 saturated carbocycles. The Morgan fingerprint density at radius 2 is 2.36 bits per heavy atom. The van der Waals surface area contributed by atoms with Gasteiger partial charge < -0.3 is 5.73 Å². The van der Waals surface area contributed by atoms with Crippen molar-refractivity contribution in [3.8, 4) is 0 Å². The van der Waals surface area contributed by atoms with Crippen LogP contribution < -0.4 is 5.73 Å². The van der Waals surface area contributed by atoms with Crippen molar-refractivity contribution in [3.05, 3.63) is 29.0 Å². The minimum Gasteiger partial charge on any atom is -0.330 e. The molecule has 2 N–H and O–H groups in total. The SMILES string of the molecule is NCCCc1ccnc(Cl)c1. The molecule has 0 saturated heterocycles. The van der Waals surface area contributed by atoms with Crippen LogP contribution in [0.5, 0.6) is 0 Å². The Kier molecular flexibility index (Phi) is 3.33. The highest BCUT2D eigenvalue weighted by atomic mass is 35.5. The lowest BCUT2D eigenvalue weighted by Crippen LogP contribution is -2.00. The largest absolute Gasteiger partial charge is 0.330 e. The number of pyridine rings is 1. The number of aromatic nitrogens is 1. The zero-order valence-corrected chi connectivity index (χ0v) is 7.01.